The van der Waals surface area contributed by atoms with Gasteiger partial charge in [0.2, 0.25) is 0 Å². The number of aliphatic carboxylic acids is 1. The van der Waals surface area contributed by atoms with Gasteiger partial charge >= 0.3 is 5.97 Å². The lowest BCUT2D eigenvalue weighted by Crippen LogP contribution is -1.98. The van der Waals surface area contributed by atoms with Crippen LogP contribution in [0.5, 0.6) is 11.5 Å². The Morgan fingerprint density at radius 3 is 2.42 bits per heavy atom. The van der Waals surface area contributed by atoms with E-state index in [9.17, 15) is 4.79 Å². The molecule has 7 nitrogen and oxygen atoms in total. The molecule has 0 saturated heterocycles. The van der Waals surface area contributed by atoms with E-state index in [1.54, 1.807) is 20.3 Å². The van der Waals surface area contributed by atoms with E-state index in [1.807, 2.05) is 30.3 Å². The predicted molar refractivity (Wildman–Crippen MR) is 99.0 cm³/mol. The lowest BCUT2D eigenvalue weighted by atomic mass is 10.1. The zero-order valence-electron chi connectivity index (χ0n) is 14.3. The minimum Gasteiger partial charge on any atom is -0.493 e. The molecule has 3 aromatic rings. The first-order valence-electron chi connectivity index (χ1n) is 7.75. The molecule has 26 heavy (non-hydrogen) atoms. The number of ether oxygens (including phenoxy) is 2. The van der Waals surface area contributed by atoms with Crippen molar-refractivity contribution in [1.29, 1.82) is 0 Å². The number of hydrogen-bond donors (Lipinski definition) is 2. The molecule has 132 valence electrons. The quantitative estimate of drug-likeness (QED) is 0.657. The van der Waals surface area contributed by atoms with E-state index in [-0.39, 0.29) is 0 Å². The van der Waals surface area contributed by atoms with E-state index in [1.165, 1.54) is 12.4 Å². The van der Waals surface area contributed by atoms with Gasteiger partial charge in [-0.3, -0.25) is 0 Å². The summed E-state index contributed by atoms with van der Waals surface area (Å²) in [5.74, 6) is 0.833. The van der Waals surface area contributed by atoms with Crippen LogP contribution < -0.4 is 14.8 Å². The topological polar surface area (TPSA) is 93.6 Å². The normalized spacial score (nSPS) is 10.8. The standard InChI is InChI=1S/C19H17N3O4/c1-25-16-9-14-15(10-17(16)26-2)20-11-21-19(14)22-13-6-3-12(4-7-13)5-8-18(23)24/h3-11H,1-2H3,(H,23,24)(H,20,21,22)/b8-5-. The third-order valence-electron chi connectivity index (χ3n) is 3.73. The molecule has 3 rings (SSSR count). The summed E-state index contributed by atoms with van der Waals surface area (Å²) in [7, 11) is 3.15. The Labute approximate surface area is 149 Å². The van der Waals surface area contributed by atoms with Crippen LogP contribution in [0, 0.1) is 0 Å². The van der Waals surface area contributed by atoms with E-state index in [4.69, 9.17) is 14.6 Å². The number of benzene rings is 2. The molecule has 0 aliphatic heterocycles. The lowest BCUT2D eigenvalue weighted by Gasteiger charge is -2.12. The van der Waals surface area contributed by atoms with Gasteiger partial charge in [0.1, 0.15) is 12.1 Å². The summed E-state index contributed by atoms with van der Waals surface area (Å²) in [5.41, 5.74) is 2.32. The average Bonchev–Trinajstić information content (AvgIpc) is 2.66. The molecule has 0 saturated carbocycles. The summed E-state index contributed by atoms with van der Waals surface area (Å²) < 4.78 is 10.6. The molecule has 0 bridgehead atoms. The molecule has 2 N–H and O–H groups in total. The summed E-state index contributed by atoms with van der Waals surface area (Å²) >= 11 is 0. The van der Waals surface area contributed by atoms with Crippen LogP contribution in [0.4, 0.5) is 11.5 Å². The number of methoxy groups -OCH3 is 2. The third-order valence-corrected chi connectivity index (χ3v) is 3.73. The summed E-state index contributed by atoms with van der Waals surface area (Å²) in [6.07, 6.45) is 4.10. The third kappa shape index (κ3) is 3.72. The Morgan fingerprint density at radius 1 is 1.08 bits per heavy atom. The van der Waals surface area contributed by atoms with Gasteiger partial charge < -0.3 is 19.9 Å². The number of nitrogens with one attached hydrogen (secondary N) is 1. The van der Waals surface area contributed by atoms with Crippen LogP contribution in [0.2, 0.25) is 0 Å². The monoisotopic (exact) mass is 351 g/mol. The molecule has 0 atom stereocenters. The maximum absolute atomic E-state index is 10.6. The summed E-state index contributed by atoms with van der Waals surface area (Å²) in [6, 6.07) is 10.9. The summed E-state index contributed by atoms with van der Waals surface area (Å²) in [4.78, 5) is 19.1. The molecule has 0 aliphatic rings. The van der Waals surface area contributed by atoms with Gasteiger partial charge in [-0.2, -0.15) is 0 Å². The first kappa shape index (κ1) is 17.2. The number of carboxylic acid groups (broad SMARTS) is 1. The van der Waals surface area contributed by atoms with Crippen LogP contribution in [-0.2, 0) is 4.79 Å². The van der Waals surface area contributed by atoms with Gasteiger partial charge in [-0.1, -0.05) is 12.1 Å². The van der Waals surface area contributed by atoms with Gasteiger partial charge in [-0.15, -0.1) is 0 Å². The minimum absolute atomic E-state index is 0.590. The predicted octanol–water partition coefficient (Wildman–Crippen LogP) is 3.49. The van der Waals surface area contributed by atoms with E-state index in [0.29, 0.717) is 17.3 Å². The smallest absolute Gasteiger partial charge is 0.328 e. The second-order valence-electron chi connectivity index (χ2n) is 5.37. The van der Waals surface area contributed by atoms with Crippen LogP contribution in [0.1, 0.15) is 5.56 Å². The Hall–Kier alpha value is -3.61. The second-order valence-corrected chi connectivity index (χ2v) is 5.37. The van der Waals surface area contributed by atoms with Gasteiger partial charge in [0.15, 0.2) is 11.5 Å². The Balaban J connectivity index is 1.92. The molecule has 0 radical (unpaired) electrons. The van der Waals surface area contributed by atoms with Crippen molar-refractivity contribution in [2.75, 3.05) is 19.5 Å². The van der Waals surface area contributed by atoms with Crippen LogP contribution in [0.25, 0.3) is 17.0 Å². The molecule has 7 heteroatoms. The first-order valence-corrected chi connectivity index (χ1v) is 7.75. The van der Waals surface area contributed by atoms with Crippen molar-refractivity contribution in [3.8, 4) is 11.5 Å². The first-order chi connectivity index (χ1) is 12.6. The van der Waals surface area contributed by atoms with Crippen molar-refractivity contribution in [3.63, 3.8) is 0 Å². The largest absolute Gasteiger partial charge is 0.493 e. The highest BCUT2D eigenvalue weighted by Gasteiger charge is 2.11. The van der Waals surface area contributed by atoms with Gasteiger partial charge in [-0.25, -0.2) is 14.8 Å². The molecule has 0 fully saturated rings. The fourth-order valence-electron chi connectivity index (χ4n) is 2.46. The number of anilines is 2. The van der Waals surface area contributed by atoms with Gasteiger partial charge in [-0.05, 0) is 29.8 Å². The molecule has 1 heterocycles. The van der Waals surface area contributed by atoms with Crippen molar-refractivity contribution in [2.24, 2.45) is 0 Å². The van der Waals surface area contributed by atoms with Crippen LogP contribution >= 0.6 is 0 Å². The average molecular weight is 351 g/mol. The van der Waals surface area contributed by atoms with Gasteiger partial charge in [0, 0.05) is 23.2 Å². The van der Waals surface area contributed by atoms with E-state index in [0.717, 1.165) is 28.2 Å². The Morgan fingerprint density at radius 2 is 1.77 bits per heavy atom. The number of rotatable bonds is 6. The highest BCUT2D eigenvalue weighted by molar-refractivity contribution is 5.93. The van der Waals surface area contributed by atoms with Crippen molar-refractivity contribution in [2.45, 2.75) is 0 Å². The molecule has 0 aliphatic carbocycles. The van der Waals surface area contributed by atoms with Crippen LogP contribution in [0.15, 0.2) is 48.8 Å². The molecule has 1 aromatic heterocycles. The number of carbonyl (C=O) groups is 1. The zero-order valence-corrected chi connectivity index (χ0v) is 14.3. The Kier molecular flexibility index (Phi) is 4.98. The zero-order chi connectivity index (χ0) is 18.5. The number of fused-ring (bicyclic) bond motifs is 1. The minimum atomic E-state index is -0.982. The number of hydrogen-bond acceptors (Lipinski definition) is 6. The maximum Gasteiger partial charge on any atom is 0.328 e. The van der Waals surface area contributed by atoms with E-state index in [2.05, 4.69) is 15.3 Å². The van der Waals surface area contributed by atoms with Crippen LogP contribution in [0.3, 0.4) is 0 Å². The molecule has 0 spiro atoms. The fraction of sp³-hybridized carbons (Fsp3) is 0.105. The SMILES string of the molecule is COc1cc2ncnc(Nc3ccc(/C=C\C(=O)O)cc3)c2cc1OC. The van der Waals surface area contributed by atoms with Gasteiger partial charge in [0.25, 0.3) is 0 Å². The summed E-state index contributed by atoms with van der Waals surface area (Å²) in [6.45, 7) is 0. The van der Waals surface area contributed by atoms with Crippen molar-refractivity contribution in [1.82, 2.24) is 9.97 Å². The van der Waals surface area contributed by atoms with Crippen LogP contribution in [-0.4, -0.2) is 35.3 Å². The molecular formula is C19H17N3O4. The number of carboxylic acids is 1. The fourth-order valence-corrected chi connectivity index (χ4v) is 2.46. The molecule has 2 aromatic carbocycles. The highest BCUT2D eigenvalue weighted by atomic mass is 16.5. The van der Waals surface area contributed by atoms with Crippen molar-refractivity contribution in [3.05, 3.63) is 54.4 Å². The Bertz CT molecular complexity index is 968. The summed E-state index contributed by atoms with van der Waals surface area (Å²) in [5, 5.41) is 12.7. The van der Waals surface area contributed by atoms with Gasteiger partial charge in [0.05, 0.1) is 19.7 Å². The maximum atomic E-state index is 10.6. The molecule has 0 amide bonds. The molecular weight excluding hydrogens is 334 g/mol. The number of aromatic nitrogens is 2. The molecule has 0 unspecified atom stereocenters. The van der Waals surface area contributed by atoms with Crippen molar-refractivity contribution < 1.29 is 19.4 Å². The van der Waals surface area contributed by atoms with E-state index >= 15 is 0 Å². The van der Waals surface area contributed by atoms with E-state index < -0.39 is 5.97 Å². The van der Waals surface area contributed by atoms with Crippen molar-refractivity contribution >= 4 is 34.5 Å². The lowest BCUT2D eigenvalue weighted by molar-refractivity contribution is -0.131. The number of nitrogens with zero attached hydrogens (tertiary/aromatic N) is 2. The highest BCUT2D eigenvalue weighted by Crippen LogP contribution is 2.34. The second kappa shape index (κ2) is 7.52.